The summed E-state index contributed by atoms with van der Waals surface area (Å²) in [5.41, 5.74) is 2.22. The zero-order valence-corrected chi connectivity index (χ0v) is 13.9. The first-order valence-electron chi connectivity index (χ1n) is 8.45. The number of anilines is 1. The predicted molar refractivity (Wildman–Crippen MR) is 95.2 cm³/mol. The molecular weight excluding hydrogens is 302 g/mol. The number of amides is 1. The van der Waals surface area contributed by atoms with Gasteiger partial charge < -0.3 is 10.3 Å². The summed E-state index contributed by atoms with van der Waals surface area (Å²) in [5.74, 6) is -0.233. The van der Waals surface area contributed by atoms with Gasteiger partial charge in [0.2, 0.25) is 5.56 Å². The van der Waals surface area contributed by atoms with Crippen LogP contribution in [0.2, 0.25) is 0 Å². The Morgan fingerprint density at radius 1 is 1.21 bits per heavy atom. The van der Waals surface area contributed by atoms with Crippen LogP contribution in [0.15, 0.2) is 47.4 Å². The number of piperidine rings is 1. The molecule has 0 unspecified atom stereocenters. The fourth-order valence-electron chi connectivity index (χ4n) is 3.08. The monoisotopic (exact) mass is 325 g/mol. The highest BCUT2D eigenvalue weighted by Gasteiger charge is 2.18. The molecule has 1 saturated heterocycles. The summed E-state index contributed by atoms with van der Waals surface area (Å²) in [5, 5.41) is 2.84. The van der Waals surface area contributed by atoms with E-state index in [-0.39, 0.29) is 11.5 Å². The van der Waals surface area contributed by atoms with Crippen LogP contribution in [-0.4, -0.2) is 28.4 Å². The number of rotatable bonds is 4. The number of likely N-dealkylation sites (tertiary alicyclic amines) is 1. The van der Waals surface area contributed by atoms with Crippen LogP contribution in [0.1, 0.15) is 42.1 Å². The lowest BCUT2D eigenvalue weighted by atomic mass is 10.0. The van der Waals surface area contributed by atoms with E-state index in [0.29, 0.717) is 11.6 Å². The second kappa shape index (κ2) is 7.45. The van der Waals surface area contributed by atoms with Gasteiger partial charge in [0.25, 0.3) is 5.91 Å². The average molecular weight is 325 g/mol. The van der Waals surface area contributed by atoms with Crippen LogP contribution in [-0.2, 0) is 6.54 Å². The Morgan fingerprint density at radius 3 is 2.67 bits per heavy atom. The third-order valence-electron chi connectivity index (χ3n) is 4.58. The maximum absolute atomic E-state index is 12.1. The van der Waals surface area contributed by atoms with Gasteiger partial charge in [-0.25, -0.2) is 0 Å². The third kappa shape index (κ3) is 4.11. The number of aromatic amines is 1. The summed E-state index contributed by atoms with van der Waals surface area (Å²) in [7, 11) is 0. The molecule has 5 nitrogen and oxygen atoms in total. The topological polar surface area (TPSA) is 65.2 Å². The highest BCUT2D eigenvalue weighted by molar-refractivity contribution is 6.03. The minimum Gasteiger partial charge on any atom is -0.328 e. The van der Waals surface area contributed by atoms with Gasteiger partial charge in [-0.05, 0) is 50.1 Å². The SMILES string of the molecule is C[C@H]1CCCCN1Cc1ccc(NC(=O)c2ccc(=O)[nH]c2)cc1. The maximum atomic E-state index is 12.1. The Hall–Kier alpha value is -2.40. The van der Waals surface area contributed by atoms with Crippen molar-refractivity contribution in [3.63, 3.8) is 0 Å². The van der Waals surface area contributed by atoms with Gasteiger partial charge in [-0.2, -0.15) is 0 Å². The highest BCUT2D eigenvalue weighted by atomic mass is 16.1. The summed E-state index contributed by atoms with van der Waals surface area (Å²) in [6.07, 6.45) is 5.29. The molecule has 1 atom stereocenters. The molecule has 1 amide bonds. The Bertz CT molecular complexity index is 731. The van der Waals surface area contributed by atoms with Crippen LogP contribution < -0.4 is 10.9 Å². The van der Waals surface area contributed by atoms with E-state index in [1.807, 2.05) is 12.1 Å². The predicted octanol–water partition coefficient (Wildman–Crippen LogP) is 3.00. The second-order valence-electron chi connectivity index (χ2n) is 6.41. The minimum atomic E-state index is -0.233. The smallest absolute Gasteiger partial charge is 0.257 e. The molecule has 2 N–H and O–H groups in total. The lowest BCUT2D eigenvalue weighted by Crippen LogP contribution is -2.36. The largest absolute Gasteiger partial charge is 0.328 e. The molecule has 0 saturated carbocycles. The van der Waals surface area contributed by atoms with E-state index in [2.05, 4.69) is 34.3 Å². The summed E-state index contributed by atoms with van der Waals surface area (Å²) in [6.45, 7) is 4.40. The fraction of sp³-hybridized carbons (Fsp3) is 0.368. The van der Waals surface area contributed by atoms with Gasteiger partial charge in [0.1, 0.15) is 0 Å². The van der Waals surface area contributed by atoms with Crippen LogP contribution >= 0.6 is 0 Å². The minimum absolute atomic E-state index is 0.220. The first kappa shape index (κ1) is 16.5. The van der Waals surface area contributed by atoms with E-state index in [4.69, 9.17) is 0 Å². The van der Waals surface area contributed by atoms with E-state index in [1.54, 1.807) is 0 Å². The molecule has 0 radical (unpaired) electrons. The molecule has 3 rings (SSSR count). The normalized spacial score (nSPS) is 18.3. The first-order chi connectivity index (χ1) is 11.6. The molecule has 24 heavy (non-hydrogen) atoms. The molecule has 0 bridgehead atoms. The van der Waals surface area contributed by atoms with Crippen molar-refractivity contribution < 1.29 is 4.79 Å². The van der Waals surface area contributed by atoms with Crippen LogP contribution in [0.5, 0.6) is 0 Å². The quantitative estimate of drug-likeness (QED) is 0.908. The number of nitrogens with one attached hydrogen (secondary N) is 2. The molecule has 1 aromatic heterocycles. The molecule has 0 spiro atoms. The molecule has 1 aliphatic heterocycles. The zero-order chi connectivity index (χ0) is 16.9. The van der Waals surface area contributed by atoms with Crippen molar-refractivity contribution in [2.75, 3.05) is 11.9 Å². The Balaban J connectivity index is 1.60. The standard InChI is InChI=1S/C19H23N3O2/c1-14-4-2-3-11-22(14)13-15-5-8-17(9-6-15)21-19(24)16-7-10-18(23)20-12-16/h5-10,12,14H,2-4,11,13H2,1H3,(H,20,23)(H,21,24)/t14-/m0/s1. The van der Waals surface area contributed by atoms with E-state index in [0.717, 1.165) is 18.8 Å². The van der Waals surface area contributed by atoms with E-state index < -0.39 is 0 Å². The Labute approximate surface area is 141 Å². The summed E-state index contributed by atoms with van der Waals surface area (Å²) in [6, 6.07) is 11.5. The van der Waals surface area contributed by atoms with Crippen LogP contribution in [0.25, 0.3) is 0 Å². The van der Waals surface area contributed by atoms with Gasteiger partial charge >= 0.3 is 0 Å². The summed E-state index contributed by atoms with van der Waals surface area (Å²) in [4.78, 5) is 28.2. The molecule has 1 fully saturated rings. The molecule has 2 aromatic rings. The maximum Gasteiger partial charge on any atom is 0.257 e. The van der Waals surface area contributed by atoms with Crippen LogP contribution in [0.3, 0.4) is 0 Å². The highest BCUT2D eigenvalue weighted by Crippen LogP contribution is 2.20. The number of carbonyl (C=O) groups excluding carboxylic acids is 1. The van der Waals surface area contributed by atoms with Crippen molar-refractivity contribution in [1.82, 2.24) is 9.88 Å². The van der Waals surface area contributed by atoms with Crippen molar-refractivity contribution in [3.8, 4) is 0 Å². The Kier molecular flexibility index (Phi) is 5.11. The fourth-order valence-corrected chi connectivity index (χ4v) is 3.08. The zero-order valence-electron chi connectivity index (χ0n) is 13.9. The second-order valence-corrected chi connectivity index (χ2v) is 6.41. The summed E-state index contributed by atoms with van der Waals surface area (Å²) >= 11 is 0. The number of pyridine rings is 1. The van der Waals surface area contributed by atoms with Gasteiger partial charge in [-0.15, -0.1) is 0 Å². The van der Waals surface area contributed by atoms with Gasteiger partial charge in [0, 0.05) is 30.5 Å². The number of hydrogen-bond donors (Lipinski definition) is 2. The van der Waals surface area contributed by atoms with Crippen molar-refractivity contribution >= 4 is 11.6 Å². The first-order valence-corrected chi connectivity index (χ1v) is 8.45. The summed E-state index contributed by atoms with van der Waals surface area (Å²) < 4.78 is 0. The van der Waals surface area contributed by atoms with Crippen molar-refractivity contribution in [2.45, 2.75) is 38.8 Å². The third-order valence-corrected chi connectivity index (χ3v) is 4.58. The van der Waals surface area contributed by atoms with Gasteiger partial charge in [0.05, 0.1) is 5.56 Å². The van der Waals surface area contributed by atoms with Crippen LogP contribution in [0.4, 0.5) is 5.69 Å². The van der Waals surface area contributed by atoms with Gasteiger partial charge in [-0.1, -0.05) is 18.6 Å². The molecule has 0 aliphatic carbocycles. The molecule has 1 aromatic carbocycles. The molecule has 1 aliphatic rings. The van der Waals surface area contributed by atoms with Gasteiger partial charge in [0.15, 0.2) is 0 Å². The lowest BCUT2D eigenvalue weighted by Gasteiger charge is -2.33. The van der Waals surface area contributed by atoms with E-state index in [1.165, 1.54) is 43.2 Å². The number of carbonyl (C=O) groups is 1. The van der Waals surface area contributed by atoms with Crippen molar-refractivity contribution in [1.29, 1.82) is 0 Å². The number of hydrogen-bond acceptors (Lipinski definition) is 3. The molecule has 126 valence electrons. The van der Waals surface area contributed by atoms with Crippen molar-refractivity contribution in [2.24, 2.45) is 0 Å². The van der Waals surface area contributed by atoms with Crippen LogP contribution in [0, 0.1) is 0 Å². The van der Waals surface area contributed by atoms with E-state index >= 15 is 0 Å². The lowest BCUT2D eigenvalue weighted by molar-refractivity contribution is 0.102. The Morgan fingerprint density at radius 2 is 2.00 bits per heavy atom. The van der Waals surface area contributed by atoms with Gasteiger partial charge in [-0.3, -0.25) is 14.5 Å². The number of benzene rings is 1. The number of aromatic nitrogens is 1. The van der Waals surface area contributed by atoms with E-state index in [9.17, 15) is 9.59 Å². The molecule has 2 heterocycles. The average Bonchev–Trinajstić information content (AvgIpc) is 2.59. The number of nitrogens with zero attached hydrogens (tertiary/aromatic N) is 1. The molecule has 5 heteroatoms. The van der Waals surface area contributed by atoms with Crippen molar-refractivity contribution in [3.05, 3.63) is 64.1 Å². The molecular formula is C19H23N3O2. The number of H-pyrrole nitrogens is 1.